The van der Waals surface area contributed by atoms with Gasteiger partial charge in [-0.05, 0) is 42.0 Å². The molecule has 1 heterocycles. The number of thiophene rings is 1. The number of phenols is 1. The molecule has 0 amide bonds. The predicted molar refractivity (Wildman–Crippen MR) is 86.6 cm³/mol. The van der Waals surface area contributed by atoms with E-state index in [1.54, 1.807) is 0 Å². The van der Waals surface area contributed by atoms with E-state index in [1.807, 2.05) is 37.3 Å². The van der Waals surface area contributed by atoms with Crippen LogP contribution in [0.3, 0.4) is 0 Å². The molecule has 3 heteroatoms. The Kier molecular flexibility index (Phi) is 4.51. The number of rotatable bonds is 5. The summed E-state index contributed by atoms with van der Waals surface area (Å²) in [6.07, 6.45) is 0. The number of hydrogen-bond donors (Lipinski definition) is 2. The minimum absolute atomic E-state index is 0.148. The Morgan fingerprint density at radius 3 is 2.40 bits per heavy atom. The fraction of sp³-hybridized carbons (Fsp3) is 0.412. The van der Waals surface area contributed by atoms with Gasteiger partial charge in [0.05, 0.1) is 0 Å². The molecule has 0 saturated heterocycles. The first-order chi connectivity index (χ1) is 9.40. The summed E-state index contributed by atoms with van der Waals surface area (Å²) in [4.78, 5) is 1.41. The van der Waals surface area contributed by atoms with Crippen LogP contribution in [0.5, 0.6) is 5.75 Å². The fourth-order valence-corrected chi connectivity index (χ4v) is 3.27. The first kappa shape index (κ1) is 15.1. The molecule has 2 aromatic rings. The van der Waals surface area contributed by atoms with Crippen LogP contribution in [0.2, 0.25) is 0 Å². The summed E-state index contributed by atoms with van der Waals surface area (Å²) in [5.74, 6) is 0.410. The van der Waals surface area contributed by atoms with Gasteiger partial charge in [-0.15, -0.1) is 11.3 Å². The van der Waals surface area contributed by atoms with Gasteiger partial charge >= 0.3 is 0 Å². The summed E-state index contributed by atoms with van der Waals surface area (Å²) in [6, 6.07) is 8.40. The second kappa shape index (κ2) is 5.98. The predicted octanol–water partition coefficient (Wildman–Crippen LogP) is 4.14. The van der Waals surface area contributed by atoms with E-state index < -0.39 is 0 Å². The van der Waals surface area contributed by atoms with E-state index in [-0.39, 0.29) is 5.41 Å². The van der Waals surface area contributed by atoms with Gasteiger partial charge in [-0.2, -0.15) is 0 Å². The van der Waals surface area contributed by atoms with Gasteiger partial charge in [0.2, 0.25) is 0 Å². The molecule has 1 aromatic heterocycles. The van der Waals surface area contributed by atoms with E-state index in [2.05, 4.69) is 36.7 Å². The molecule has 0 radical (unpaired) electrons. The molecule has 0 aliphatic heterocycles. The van der Waals surface area contributed by atoms with Gasteiger partial charge in [-0.3, -0.25) is 0 Å². The highest BCUT2D eigenvalue weighted by Gasteiger charge is 2.20. The number of hydrogen-bond acceptors (Lipinski definition) is 3. The summed E-state index contributed by atoms with van der Waals surface area (Å²) >= 11 is 1.81. The molecule has 0 spiro atoms. The Morgan fingerprint density at radius 1 is 1.20 bits per heavy atom. The van der Waals surface area contributed by atoms with Crippen LogP contribution in [0, 0.1) is 13.8 Å². The average Bonchev–Trinajstić information content (AvgIpc) is 2.90. The van der Waals surface area contributed by atoms with Crippen LogP contribution in [-0.2, 0) is 12.0 Å². The van der Waals surface area contributed by atoms with Gasteiger partial charge in [0, 0.05) is 23.4 Å². The quantitative estimate of drug-likeness (QED) is 0.867. The summed E-state index contributed by atoms with van der Waals surface area (Å²) < 4.78 is 0. The van der Waals surface area contributed by atoms with E-state index in [0.29, 0.717) is 5.75 Å². The molecule has 2 nitrogen and oxygen atoms in total. The third-order valence-corrected chi connectivity index (χ3v) is 4.87. The normalized spacial score (nSPS) is 11.8. The van der Waals surface area contributed by atoms with Gasteiger partial charge in [0.1, 0.15) is 5.75 Å². The zero-order valence-electron chi connectivity index (χ0n) is 12.7. The molecule has 2 N–H and O–H groups in total. The molecule has 1 aromatic carbocycles. The van der Waals surface area contributed by atoms with Crippen molar-refractivity contribution in [3.63, 3.8) is 0 Å². The highest BCUT2D eigenvalue weighted by atomic mass is 32.1. The number of nitrogens with one attached hydrogen (secondary N) is 1. The zero-order chi connectivity index (χ0) is 14.8. The van der Waals surface area contributed by atoms with Crippen molar-refractivity contribution in [3.8, 4) is 5.75 Å². The molecule has 0 bridgehead atoms. The molecular formula is C17H23NOS. The Balaban J connectivity index is 1.96. The van der Waals surface area contributed by atoms with Gasteiger partial charge in [-0.25, -0.2) is 0 Å². The first-order valence-corrected chi connectivity index (χ1v) is 7.82. The number of aryl methyl sites for hydroxylation is 2. The van der Waals surface area contributed by atoms with Crippen LogP contribution in [0.25, 0.3) is 0 Å². The largest absolute Gasteiger partial charge is 0.507 e. The van der Waals surface area contributed by atoms with Crippen molar-refractivity contribution in [1.82, 2.24) is 5.32 Å². The van der Waals surface area contributed by atoms with Gasteiger partial charge < -0.3 is 10.4 Å². The number of aromatic hydroxyl groups is 1. The lowest BCUT2D eigenvalue weighted by atomic mass is 9.91. The lowest BCUT2D eigenvalue weighted by Gasteiger charge is -2.24. The van der Waals surface area contributed by atoms with Crippen LogP contribution in [0.15, 0.2) is 29.6 Å². The summed E-state index contributed by atoms with van der Waals surface area (Å²) in [6.45, 7) is 10.2. The van der Waals surface area contributed by atoms with Gasteiger partial charge in [-0.1, -0.05) is 32.0 Å². The van der Waals surface area contributed by atoms with E-state index in [4.69, 9.17) is 0 Å². The smallest absolute Gasteiger partial charge is 0.121 e. The Morgan fingerprint density at radius 2 is 1.85 bits per heavy atom. The Bertz CT molecular complexity index is 550. The third kappa shape index (κ3) is 3.41. The summed E-state index contributed by atoms with van der Waals surface area (Å²) in [7, 11) is 0. The van der Waals surface area contributed by atoms with Crippen LogP contribution >= 0.6 is 11.3 Å². The second-order valence-electron chi connectivity index (χ2n) is 6.04. The van der Waals surface area contributed by atoms with Gasteiger partial charge in [0.15, 0.2) is 0 Å². The second-order valence-corrected chi connectivity index (χ2v) is 6.99. The summed E-state index contributed by atoms with van der Waals surface area (Å²) in [5.41, 5.74) is 3.26. The molecule has 0 saturated carbocycles. The first-order valence-electron chi connectivity index (χ1n) is 6.94. The Labute approximate surface area is 125 Å². The molecule has 0 unspecified atom stereocenters. The van der Waals surface area contributed by atoms with E-state index in [0.717, 1.165) is 24.2 Å². The molecule has 108 valence electrons. The standard InChI is InChI=1S/C17H23NOS/c1-12-8-14(9-13(2)16(12)19)10-18-11-17(3,4)15-6-5-7-20-15/h5-9,18-19H,10-11H2,1-4H3. The van der Waals surface area contributed by atoms with E-state index >= 15 is 0 Å². The summed E-state index contributed by atoms with van der Waals surface area (Å²) in [5, 5.41) is 15.4. The topological polar surface area (TPSA) is 32.3 Å². The lowest BCUT2D eigenvalue weighted by molar-refractivity contribution is 0.464. The fourth-order valence-electron chi connectivity index (χ4n) is 2.42. The maximum absolute atomic E-state index is 9.79. The van der Waals surface area contributed by atoms with E-state index in [1.165, 1.54) is 10.4 Å². The van der Waals surface area contributed by atoms with E-state index in [9.17, 15) is 5.11 Å². The monoisotopic (exact) mass is 289 g/mol. The minimum Gasteiger partial charge on any atom is -0.507 e. The van der Waals surface area contributed by atoms with Crippen molar-refractivity contribution in [1.29, 1.82) is 0 Å². The number of benzene rings is 1. The highest BCUT2D eigenvalue weighted by Crippen LogP contribution is 2.27. The van der Waals surface area contributed by atoms with Crippen LogP contribution in [0.1, 0.15) is 35.4 Å². The van der Waals surface area contributed by atoms with Crippen LogP contribution in [0.4, 0.5) is 0 Å². The Hall–Kier alpha value is -1.32. The van der Waals surface area contributed by atoms with Crippen molar-refractivity contribution < 1.29 is 5.11 Å². The van der Waals surface area contributed by atoms with Crippen molar-refractivity contribution >= 4 is 11.3 Å². The lowest BCUT2D eigenvalue weighted by Crippen LogP contribution is -2.31. The highest BCUT2D eigenvalue weighted by molar-refractivity contribution is 7.10. The molecule has 0 aliphatic rings. The molecule has 2 rings (SSSR count). The van der Waals surface area contributed by atoms with Crippen molar-refractivity contribution in [3.05, 3.63) is 51.2 Å². The third-order valence-electron chi connectivity index (χ3n) is 3.64. The number of phenolic OH excluding ortho intramolecular Hbond substituents is 1. The maximum atomic E-state index is 9.79. The van der Waals surface area contributed by atoms with Crippen molar-refractivity contribution in [2.75, 3.05) is 6.54 Å². The molecule has 20 heavy (non-hydrogen) atoms. The van der Waals surface area contributed by atoms with Gasteiger partial charge in [0.25, 0.3) is 0 Å². The molecule has 0 aliphatic carbocycles. The maximum Gasteiger partial charge on any atom is 0.121 e. The molecule has 0 fully saturated rings. The molecule has 0 atom stereocenters. The minimum atomic E-state index is 0.148. The molecular weight excluding hydrogens is 266 g/mol. The van der Waals surface area contributed by atoms with Crippen LogP contribution < -0.4 is 5.32 Å². The zero-order valence-corrected chi connectivity index (χ0v) is 13.5. The SMILES string of the molecule is Cc1cc(CNCC(C)(C)c2cccs2)cc(C)c1O. The average molecular weight is 289 g/mol. The van der Waals surface area contributed by atoms with Crippen molar-refractivity contribution in [2.45, 2.75) is 39.7 Å². The van der Waals surface area contributed by atoms with Crippen molar-refractivity contribution in [2.24, 2.45) is 0 Å². The van der Waals surface area contributed by atoms with Crippen LogP contribution in [-0.4, -0.2) is 11.7 Å².